The predicted molar refractivity (Wildman–Crippen MR) is 106 cm³/mol. The zero-order valence-electron chi connectivity index (χ0n) is 15.5. The number of aromatic nitrogens is 4. The molecule has 0 aliphatic heterocycles. The summed E-state index contributed by atoms with van der Waals surface area (Å²) in [5.41, 5.74) is 3.86. The average Bonchev–Trinajstić information content (AvgIpc) is 3.10. The van der Waals surface area contributed by atoms with Gasteiger partial charge in [0.2, 0.25) is 11.1 Å². The average molecular weight is 383 g/mol. The molecule has 0 saturated carbocycles. The van der Waals surface area contributed by atoms with E-state index < -0.39 is 0 Å². The summed E-state index contributed by atoms with van der Waals surface area (Å²) < 4.78 is 7.04. The van der Waals surface area contributed by atoms with Crippen LogP contribution in [0.25, 0.3) is 5.69 Å². The molecule has 2 aromatic carbocycles. The third-order valence-electron chi connectivity index (χ3n) is 3.67. The Hall–Kier alpha value is -2.87. The van der Waals surface area contributed by atoms with Crippen LogP contribution < -0.4 is 10.1 Å². The fraction of sp³-hybridized carbons (Fsp3) is 0.263. The smallest absolute Gasteiger partial charge is 0.234 e. The number of hydrogen-bond donors (Lipinski definition) is 1. The van der Waals surface area contributed by atoms with E-state index in [1.807, 2.05) is 57.2 Å². The van der Waals surface area contributed by atoms with Crippen molar-refractivity contribution in [1.29, 1.82) is 0 Å². The van der Waals surface area contributed by atoms with Gasteiger partial charge in [0.25, 0.3) is 0 Å². The molecule has 7 nitrogen and oxygen atoms in total. The summed E-state index contributed by atoms with van der Waals surface area (Å²) in [6.07, 6.45) is 0. The topological polar surface area (TPSA) is 81.9 Å². The molecule has 0 saturated heterocycles. The second-order valence-corrected chi connectivity index (χ2v) is 6.96. The number of aryl methyl sites for hydroxylation is 2. The van der Waals surface area contributed by atoms with Crippen molar-refractivity contribution in [3.8, 4) is 11.4 Å². The zero-order chi connectivity index (χ0) is 19.2. The van der Waals surface area contributed by atoms with Gasteiger partial charge in [0.1, 0.15) is 5.75 Å². The first kappa shape index (κ1) is 18.9. The third-order valence-corrected chi connectivity index (χ3v) is 4.59. The van der Waals surface area contributed by atoms with Crippen molar-refractivity contribution in [3.63, 3.8) is 0 Å². The Balaban J connectivity index is 1.62. The second-order valence-electron chi connectivity index (χ2n) is 6.01. The van der Waals surface area contributed by atoms with Crippen LogP contribution in [-0.2, 0) is 4.79 Å². The number of rotatable bonds is 7. The first-order valence-electron chi connectivity index (χ1n) is 8.57. The SMILES string of the molecule is CCOc1ccc(NC(=O)CSc2nnnn2-c2cc(C)cc(C)c2)cc1. The van der Waals surface area contributed by atoms with Crippen molar-refractivity contribution in [3.05, 3.63) is 53.6 Å². The van der Waals surface area contributed by atoms with Crippen LogP contribution in [0.5, 0.6) is 5.75 Å². The van der Waals surface area contributed by atoms with E-state index in [-0.39, 0.29) is 11.7 Å². The van der Waals surface area contributed by atoms with Crippen molar-refractivity contribution < 1.29 is 9.53 Å². The molecule has 1 N–H and O–H groups in total. The highest BCUT2D eigenvalue weighted by Gasteiger charge is 2.12. The number of thioether (sulfide) groups is 1. The largest absolute Gasteiger partial charge is 0.494 e. The molecule has 3 rings (SSSR count). The van der Waals surface area contributed by atoms with Gasteiger partial charge in [-0.15, -0.1) is 5.10 Å². The Morgan fingerprint density at radius 1 is 1.15 bits per heavy atom. The van der Waals surface area contributed by atoms with Gasteiger partial charge in [-0.2, -0.15) is 4.68 Å². The summed E-state index contributed by atoms with van der Waals surface area (Å²) in [6.45, 7) is 6.59. The molecule has 0 unspecified atom stereocenters. The molecule has 1 aromatic heterocycles. The van der Waals surface area contributed by atoms with Crippen LogP contribution in [0.1, 0.15) is 18.1 Å². The van der Waals surface area contributed by atoms with E-state index in [1.54, 1.807) is 4.68 Å². The summed E-state index contributed by atoms with van der Waals surface area (Å²) in [7, 11) is 0. The summed E-state index contributed by atoms with van der Waals surface area (Å²) in [5.74, 6) is 0.856. The zero-order valence-corrected chi connectivity index (χ0v) is 16.3. The number of hydrogen-bond acceptors (Lipinski definition) is 6. The molecule has 0 aliphatic rings. The number of carbonyl (C=O) groups is 1. The summed E-state index contributed by atoms with van der Waals surface area (Å²) >= 11 is 1.29. The molecule has 3 aromatic rings. The monoisotopic (exact) mass is 383 g/mol. The Morgan fingerprint density at radius 3 is 2.52 bits per heavy atom. The molecule has 0 radical (unpaired) electrons. The maximum atomic E-state index is 12.2. The minimum Gasteiger partial charge on any atom is -0.494 e. The lowest BCUT2D eigenvalue weighted by atomic mass is 10.1. The fourth-order valence-corrected chi connectivity index (χ4v) is 3.32. The maximum Gasteiger partial charge on any atom is 0.234 e. The van der Waals surface area contributed by atoms with Gasteiger partial charge >= 0.3 is 0 Å². The summed E-state index contributed by atoms with van der Waals surface area (Å²) in [6, 6.07) is 13.4. The van der Waals surface area contributed by atoms with Crippen LogP contribution in [0.4, 0.5) is 5.69 Å². The van der Waals surface area contributed by atoms with Crippen LogP contribution in [0.2, 0.25) is 0 Å². The molecule has 1 heterocycles. The van der Waals surface area contributed by atoms with Crippen LogP contribution in [-0.4, -0.2) is 38.5 Å². The van der Waals surface area contributed by atoms with E-state index in [4.69, 9.17) is 4.74 Å². The molecule has 140 valence electrons. The summed E-state index contributed by atoms with van der Waals surface area (Å²) in [4.78, 5) is 12.2. The highest BCUT2D eigenvalue weighted by Crippen LogP contribution is 2.21. The van der Waals surface area contributed by atoms with Gasteiger partial charge in [-0.1, -0.05) is 17.8 Å². The first-order valence-corrected chi connectivity index (χ1v) is 9.56. The molecule has 0 spiro atoms. The molecule has 0 atom stereocenters. The van der Waals surface area contributed by atoms with Gasteiger partial charge in [-0.3, -0.25) is 4.79 Å². The number of amides is 1. The van der Waals surface area contributed by atoms with Crippen molar-refractivity contribution in [2.45, 2.75) is 25.9 Å². The molecule has 1 amide bonds. The fourth-order valence-electron chi connectivity index (χ4n) is 2.63. The maximum absolute atomic E-state index is 12.2. The number of ether oxygens (including phenoxy) is 1. The van der Waals surface area contributed by atoms with Crippen LogP contribution >= 0.6 is 11.8 Å². The van der Waals surface area contributed by atoms with Crippen LogP contribution in [0, 0.1) is 13.8 Å². The molecular formula is C19H21N5O2S. The molecule has 27 heavy (non-hydrogen) atoms. The van der Waals surface area contributed by atoms with Crippen molar-refractivity contribution in [2.24, 2.45) is 0 Å². The van der Waals surface area contributed by atoms with Crippen molar-refractivity contribution >= 4 is 23.4 Å². The van der Waals surface area contributed by atoms with Gasteiger partial charge in [0, 0.05) is 5.69 Å². The Kier molecular flexibility index (Phi) is 6.08. The molecule has 0 fully saturated rings. The number of nitrogens with zero attached hydrogens (tertiary/aromatic N) is 4. The number of tetrazole rings is 1. The van der Waals surface area contributed by atoms with Crippen LogP contribution in [0.15, 0.2) is 47.6 Å². The van der Waals surface area contributed by atoms with Gasteiger partial charge in [-0.05, 0) is 78.7 Å². The summed E-state index contributed by atoms with van der Waals surface area (Å²) in [5, 5.41) is 15.3. The Bertz CT molecular complexity index is 904. The highest BCUT2D eigenvalue weighted by atomic mass is 32.2. The predicted octanol–water partition coefficient (Wildman–Crippen LogP) is 3.41. The Labute approximate surface area is 162 Å². The molecule has 8 heteroatoms. The van der Waals surface area contributed by atoms with Gasteiger partial charge in [-0.25, -0.2) is 0 Å². The highest BCUT2D eigenvalue weighted by molar-refractivity contribution is 7.99. The number of carbonyl (C=O) groups excluding carboxylic acids is 1. The van der Waals surface area contributed by atoms with Gasteiger partial charge < -0.3 is 10.1 Å². The lowest BCUT2D eigenvalue weighted by Gasteiger charge is -2.08. The van der Waals surface area contributed by atoms with Crippen molar-refractivity contribution in [2.75, 3.05) is 17.7 Å². The van der Waals surface area contributed by atoms with Gasteiger partial charge in [0.05, 0.1) is 18.0 Å². The van der Waals surface area contributed by atoms with Crippen LogP contribution in [0.3, 0.4) is 0 Å². The lowest BCUT2D eigenvalue weighted by molar-refractivity contribution is -0.113. The molecule has 0 aliphatic carbocycles. The standard InChI is InChI=1S/C19H21N5O2S/c1-4-26-17-7-5-15(6-8-17)20-18(25)12-27-19-21-22-23-24(19)16-10-13(2)9-14(3)11-16/h5-11H,4,12H2,1-3H3,(H,20,25). The quantitative estimate of drug-likeness (QED) is 0.630. The third kappa shape index (κ3) is 5.07. The van der Waals surface area contributed by atoms with E-state index in [1.165, 1.54) is 11.8 Å². The minimum absolute atomic E-state index is 0.126. The number of nitrogens with one attached hydrogen (secondary N) is 1. The molecule has 0 bridgehead atoms. The van der Waals surface area contributed by atoms with E-state index in [0.717, 1.165) is 28.3 Å². The van der Waals surface area contributed by atoms with Crippen molar-refractivity contribution in [1.82, 2.24) is 20.2 Å². The number of benzene rings is 2. The lowest BCUT2D eigenvalue weighted by Crippen LogP contribution is -2.14. The molecular weight excluding hydrogens is 362 g/mol. The first-order chi connectivity index (χ1) is 13.0. The van der Waals surface area contributed by atoms with E-state index in [9.17, 15) is 4.79 Å². The van der Waals surface area contributed by atoms with E-state index in [0.29, 0.717) is 11.8 Å². The minimum atomic E-state index is -0.126. The second kappa shape index (κ2) is 8.68. The Morgan fingerprint density at radius 2 is 1.85 bits per heavy atom. The van der Waals surface area contributed by atoms with Gasteiger partial charge in [0.15, 0.2) is 0 Å². The number of anilines is 1. The van der Waals surface area contributed by atoms with E-state index in [2.05, 4.69) is 26.9 Å². The van der Waals surface area contributed by atoms with E-state index >= 15 is 0 Å². The normalized spacial score (nSPS) is 10.6.